The van der Waals surface area contributed by atoms with Crippen LogP contribution in [0.3, 0.4) is 0 Å². The highest BCUT2D eigenvalue weighted by molar-refractivity contribution is 14.1. The van der Waals surface area contributed by atoms with Gasteiger partial charge in [0, 0.05) is 9.13 Å². The molecule has 1 amide bonds. The number of rotatable bonds is 4. The van der Waals surface area contributed by atoms with Crippen molar-refractivity contribution in [3.63, 3.8) is 0 Å². The monoisotopic (exact) mass is 335 g/mol. The number of hydrogen-bond donors (Lipinski definition) is 3. The minimum Gasteiger partial charge on any atom is -0.479 e. The van der Waals surface area contributed by atoms with Gasteiger partial charge in [0.2, 0.25) is 0 Å². The number of aliphatic carboxylic acids is 1. The lowest BCUT2D eigenvalue weighted by molar-refractivity contribution is -0.146. The summed E-state index contributed by atoms with van der Waals surface area (Å²) in [6, 6.07) is 6.85. The molecule has 0 fully saturated rings. The minimum atomic E-state index is -1.58. The van der Waals surface area contributed by atoms with Crippen LogP contribution in [0.4, 0.5) is 0 Å². The Morgan fingerprint density at radius 2 is 2.12 bits per heavy atom. The highest BCUT2D eigenvalue weighted by Crippen LogP contribution is 2.07. The fourth-order valence-corrected chi connectivity index (χ4v) is 1.55. The van der Waals surface area contributed by atoms with Crippen molar-refractivity contribution in [2.45, 2.75) is 6.10 Å². The van der Waals surface area contributed by atoms with E-state index in [1.807, 2.05) is 6.07 Å². The van der Waals surface area contributed by atoms with Gasteiger partial charge in [0.05, 0.1) is 6.54 Å². The largest absolute Gasteiger partial charge is 0.479 e. The molecule has 0 saturated heterocycles. The molecule has 0 aliphatic rings. The van der Waals surface area contributed by atoms with Gasteiger partial charge in [-0.2, -0.15) is 0 Å². The average Bonchev–Trinajstić information content (AvgIpc) is 2.25. The molecule has 3 N–H and O–H groups in total. The van der Waals surface area contributed by atoms with Gasteiger partial charge < -0.3 is 15.5 Å². The first kappa shape index (κ1) is 12.9. The molecule has 6 heteroatoms. The second-order valence-corrected chi connectivity index (χ2v) is 4.32. The molecule has 1 atom stereocenters. The summed E-state index contributed by atoms with van der Waals surface area (Å²) in [7, 11) is 0. The van der Waals surface area contributed by atoms with Crippen molar-refractivity contribution < 1.29 is 19.8 Å². The molecule has 16 heavy (non-hydrogen) atoms. The lowest BCUT2D eigenvalue weighted by atomic mass is 10.2. The van der Waals surface area contributed by atoms with Gasteiger partial charge >= 0.3 is 5.97 Å². The third-order valence-electron chi connectivity index (χ3n) is 1.83. The maximum atomic E-state index is 11.5. The van der Waals surface area contributed by atoms with E-state index in [-0.39, 0.29) is 6.54 Å². The molecule has 1 aromatic rings. The molecule has 0 aromatic heterocycles. The van der Waals surface area contributed by atoms with Crippen LogP contribution in [0.15, 0.2) is 24.3 Å². The minimum absolute atomic E-state index is 0.306. The lowest BCUT2D eigenvalue weighted by Crippen LogP contribution is -2.36. The zero-order valence-corrected chi connectivity index (χ0v) is 10.3. The molecule has 86 valence electrons. The van der Waals surface area contributed by atoms with Crippen LogP contribution in [0.25, 0.3) is 0 Å². The van der Waals surface area contributed by atoms with Crippen LogP contribution in [0.1, 0.15) is 10.4 Å². The van der Waals surface area contributed by atoms with Crippen molar-refractivity contribution in [1.82, 2.24) is 5.32 Å². The quantitative estimate of drug-likeness (QED) is 0.698. The topological polar surface area (TPSA) is 86.6 Å². The Morgan fingerprint density at radius 3 is 2.69 bits per heavy atom. The van der Waals surface area contributed by atoms with E-state index in [2.05, 4.69) is 27.9 Å². The standard InChI is InChI=1S/C10H10INO4/c11-7-3-1-2-6(4-7)9(14)12-5-8(13)10(15)16/h1-4,8,13H,5H2,(H,12,14)(H,15,16). The predicted octanol–water partition coefficient (Wildman–Crippen LogP) is 0.466. The van der Waals surface area contributed by atoms with Crippen molar-refractivity contribution in [1.29, 1.82) is 0 Å². The van der Waals surface area contributed by atoms with Crippen LogP contribution in [-0.2, 0) is 4.79 Å². The van der Waals surface area contributed by atoms with E-state index in [4.69, 9.17) is 10.2 Å². The van der Waals surface area contributed by atoms with E-state index < -0.39 is 18.0 Å². The second-order valence-electron chi connectivity index (χ2n) is 3.07. The van der Waals surface area contributed by atoms with Crippen LogP contribution in [0.2, 0.25) is 0 Å². The number of halogens is 1. The third kappa shape index (κ3) is 3.78. The Morgan fingerprint density at radius 1 is 1.44 bits per heavy atom. The molecule has 0 heterocycles. The molecule has 0 spiro atoms. The lowest BCUT2D eigenvalue weighted by Gasteiger charge is -2.07. The Kier molecular flexibility index (Phi) is 4.69. The number of nitrogens with one attached hydrogen (secondary N) is 1. The van der Waals surface area contributed by atoms with Gasteiger partial charge in [-0.1, -0.05) is 6.07 Å². The smallest absolute Gasteiger partial charge is 0.334 e. The van der Waals surface area contributed by atoms with Crippen LogP contribution < -0.4 is 5.32 Å². The second kappa shape index (κ2) is 5.80. The maximum Gasteiger partial charge on any atom is 0.334 e. The van der Waals surface area contributed by atoms with Gasteiger partial charge in [-0.25, -0.2) is 4.79 Å². The third-order valence-corrected chi connectivity index (χ3v) is 2.50. The number of carbonyl (C=O) groups excluding carboxylic acids is 1. The summed E-state index contributed by atoms with van der Waals surface area (Å²) in [6.45, 7) is -0.306. The van der Waals surface area contributed by atoms with Crippen molar-refractivity contribution in [3.05, 3.63) is 33.4 Å². The molecule has 0 saturated carbocycles. The molecule has 0 aliphatic carbocycles. The first-order valence-corrected chi connectivity index (χ1v) is 5.53. The van der Waals surface area contributed by atoms with Gasteiger partial charge in [0.1, 0.15) is 0 Å². The first-order valence-electron chi connectivity index (χ1n) is 4.45. The van der Waals surface area contributed by atoms with Crippen LogP contribution in [-0.4, -0.2) is 34.7 Å². The summed E-state index contributed by atoms with van der Waals surface area (Å²) in [5, 5.41) is 19.7. The number of amides is 1. The van der Waals surface area contributed by atoms with Gasteiger partial charge in [-0.15, -0.1) is 0 Å². The van der Waals surface area contributed by atoms with E-state index in [0.717, 1.165) is 3.57 Å². The molecule has 0 radical (unpaired) electrons. The summed E-state index contributed by atoms with van der Waals surface area (Å²) in [5.74, 6) is -1.76. The van der Waals surface area contributed by atoms with E-state index in [1.54, 1.807) is 18.2 Å². The average molecular weight is 335 g/mol. The fraction of sp³-hybridized carbons (Fsp3) is 0.200. The molecule has 0 bridgehead atoms. The summed E-state index contributed by atoms with van der Waals surface area (Å²) in [6.07, 6.45) is -1.58. The maximum absolute atomic E-state index is 11.5. The summed E-state index contributed by atoms with van der Waals surface area (Å²) in [5.41, 5.74) is 0.435. The number of aliphatic hydroxyl groups excluding tert-OH is 1. The number of benzene rings is 1. The van der Waals surface area contributed by atoms with Gasteiger partial charge in [-0.3, -0.25) is 4.79 Å². The molecule has 1 unspecified atom stereocenters. The Balaban J connectivity index is 2.56. The molecule has 1 rings (SSSR count). The zero-order valence-electron chi connectivity index (χ0n) is 8.18. The first-order chi connectivity index (χ1) is 7.50. The van der Waals surface area contributed by atoms with Gasteiger partial charge in [0.25, 0.3) is 5.91 Å². The highest BCUT2D eigenvalue weighted by atomic mass is 127. The van der Waals surface area contributed by atoms with Crippen molar-refractivity contribution in [2.75, 3.05) is 6.54 Å². The Hall–Kier alpha value is -1.15. The normalized spacial score (nSPS) is 11.9. The van der Waals surface area contributed by atoms with Gasteiger partial charge in [-0.05, 0) is 40.8 Å². The zero-order chi connectivity index (χ0) is 12.1. The van der Waals surface area contributed by atoms with E-state index in [0.29, 0.717) is 5.56 Å². The van der Waals surface area contributed by atoms with Gasteiger partial charge in [0.15, 0.2) is 6.10 Å². The van der Waals surface area contributed by atoms with Crippen LogP contribution in [0.5, 0.6) is 0 Å². The van der Waals surface area contributed by atoms with Crippen LogP contribution in [0, 0.1) is 3.57 Å². The molecule has 0 aliphatic heterocycles. The predicted molar refractivity (Wildman–Crippen MR) is 65.1 cm³/mol. The summed E-state index contributed by atoms with van der Waals surface area (Å²) in [4.78, 5) is 21.8. The number of carbonyl (C=O) groups is 2. The van der Waals surface area contributed by atoms with Crippen LogP contribution >= 0.6 is 22.6 Å². The summed E-state index contributed by atoms with van der Waals surface area (Å²) >= 11 is 2.07. The Labute approximate surface area is 106 Å². The van der Waals surface area contributed by atoms with Crippen molar-refractivity contribution in [2.24, 2.45) is 0 Å². The van der Waals surface area contributed by atoms with E-state index in [1.165, 1.54) is 0 Å². The Bertz CT molecular complexity index is 408. The number of hydrogen-bond acceptors (Lipinski definition) is 3. The summed E-state index contributed by atoms with van der Waals surface area (Å²) < 4.78 is 0.907. The van der Waals surface area contributed by atoms with E-state index in [9.17, 15) is 9.59 Å². The van der Waals surface area contributed by atoms with Crippen molar-refractivity contribution >= 4 is 34.5 Å². The van der Waals surface area contributed by atoms with Crippen molar-refractivity contribution in [3.8, 4) is 0 Å². The molecule has 1 aromatic carbocycles. The van der Waals surface area contributed by atoms with E-state index >= 15 is 0 Å². The molecular formula is C10H10INO4. The fourth-order valence-electron chi connectivity index (χ4n) is 1.01. The highest BCUT2D eigenvalue weighted by Gasteiger charge is 2.14. The number of carboxylic acids is 1. The number of aliphatic hydroxyl groups is 1. The molecule has 5 nitrogen and oxygen atoms in total. The molecular weight excluding hydrogens is 325 g/mol. The SMILES string of the molecule is O=C(NCC(O)C(=O)O)c1cccc(I)c1. The number of carboxylic acid groups (broad SMARTS) is 1.